The van der Waals surface area contributed by atoms with Gasteiger partial charge in [0.25, 0.3) is 0 Å². The highest BCUT2D eigenvalue weighted by Gasteiger charge is 2.48. The molecule has 2 rings (SSSR count). The van der Waals surface area contributed by atoms with Gasteiger partial charge in [0.05, 0.1) is 12.6 Å². The lowest BCUT2D eigenvalue weighted by molar-refractivity contribution is -0.0761. The standard InChI is InChI=1S/C9H15NO3/c1-12-8(11)10-5-2-9(10)3-6-13-7-4-9/h2-7H2,1H3. The van der Waals surface area contributed by atoms with E-state index in [2.05, 4.69) is 0 Å². The van der Waals surface area contributed by atoms with Crippen LogP contribution in [0, 0.1) is 0 Å². The van der Waals surface area contributed by atoms with Gasteiger partial charge in [0.15, 0.2) is 0 Å². The molecule has 0 bridgehead atoms. The maximum absolute atomic E-state index is 11.3. The first-order valence-electron chi connectivity index (χ1n) is 4.72. The highest BCUT2D eigenvalue weighted by Crippen LogP contribution is 2.39. The molecule has 2 heterocycles. The molecule has 13 heavy (non-hydrogen) atoms. The largest absolute Gasteiger partial charge is 0.453 e. The van der Waals surface area contributed by atoms with E-state index in [9.17, 15) is 4.79 Å². The minimum absolute atomic E-state index is 0.0747. The van der Waals surface area contributed by atoms with Gasteiger partial charge in [-0.2, -0.15) is 0 Å². The van der Waals surface area contributed by atoms with Crippen LogP contribution < -0.4 is 0 Å². The Morgan fingerprint density at radius 2 is 2.08 bits per heavy atom. The Labute approximate surface area is 77.8 Å². The third-order valence-electron chi connectivity index (χ3n) is 3.19. The van der Waals surface area contributed by atoms with Gasteiger partial charge in [-0.1, -0.05) is 0 Å². The van der Waals surface area contributed by atoms with Gasteiger partial charge in [0.1, 0.15) is 0 Å². The average molecular weight is 185 g/mol. The number of carbonyl (C=O) groups excluding carboxylic acids is 1. The molecule has 1 spiro atoms. The molecule has 2 saturated heterocycles. The summed E-state index contributed by atoms with van der Waals surface area (Å²) in [6.07, 6.45) is 2.84. The van der Waals surface area contributed by atoms with E-state index in [4.69, 9.17) is 9.47 Å². The second-order valence-corrected chi connectivity index (χ2v) is 3.71. The van der Waals surface area contributed by atoms with Crippen LogP contribution in [0.25, 0.3) is 0 Å². The normalized spacial score (nSPS) is 25.5. The molecule has 0 aromatic heterocycles. The second-order valence-electron chi connectivity index (χ2n) is 3.71. The summed E-state index contributed by atoms with van der Waals surface area (Å²) >= 11 is 0. The lowest BCUT2D eigenvalue weighted by atomic mass is 9.78. The molecular formula is C9H15NO3. The molecule has 0 unspecified atom stereocenters. The third-order valence-corrected chi connectivity index (χ3v) is 3.19. The van der Waals surface area contributed by atoms with Crippen molar-refractivity contribution in [2.24, 2.45) is 0 Å². The molecule has 2 aliphatic heterocycles. The molecule has 74 valence electrons. The number of likely N-dealkylation sites (tertiary alicyclic amines) is 1. The summed E-state index contributed by atoms with van der Waals surface area (Å²) in [5.41, 5.74) is 0.0747. The van der Waals surface area contributed by atoms with Gasteiger partial charge in [-0.05, 0) is 19.3 Å². The van der Waals surface area contributed by atoms with E-state index in [0.717, 1.165) is 39.0 Å². The van der Waals surface area contributed by atoms with Gasteiger partial charge in [-0.3, -0.25) is 0 Å². The summed E-state index contributed by atoms with van der Waals surface area (Å²) in [6.45, 7) is 2.38. The van der Waals surface area contributed by atoms with Crippen molar-refractivity contribution in [2.75, 3.05) is 26.9 Å². The second kappa shape index (κ2) is 3.18. The average Bonchev–Trinajstić information content (AvgIpc) is 2.17. The third kappa shape index (κ3) is 1.29. The highest BCUT2D eigenvalue weighted by atomic mass is 16.5. The van der Waals surface area contributed by atoms with Crippen LogP contribution in [-0.4, -0.2) is 43.4 Å². The minimum Gasteiger partial charge on any atom is -0.453 e. The molecule has 0 N–H and O–H groups in total. The SMILES string of the molecule is COC(=O)N1CCC12CCOCC2. The smallest absolute Gasteiger partial charge is 0.409 e. The molecule has 0 saturated carbocycles. The van der Waals surface area contributed by atoms with Crippen molar-refractivity contribution in [1.29, 1.82) is 0 Å². The lowest BCUT2D eigenvalue weighted by Crippen LogP contribution is -2.64. The zero-order valence-corrected chi connectivity index (χ0v) is 7.91. The zero-order valence-electron chi connectivity index (χ0n) is 7.91. The molecule has 4 heteroatoms. The van der Waals surface area contributed by atoms with E-state index in [1.807, 2.05) is 4.90 Å². The molecule has 1 amide bonds. The van der Waals surface area contributed by atoms with Crippen LogP contribution in [0.1, 0.15) is 19.3 Å². The number of carbonyl (C=O) groups is 1. The van der Waals surface area contributed by atoms with Crippen LogP contribution in [0.5, 0.6) is 0 Å². The predicted molar refractivity (Wildman–Crippen MR) is 46.5 cm³/mol. The summed E-state index contributed by atoms with van der Waals surface area (Å²) in [5.74, 6) is 0. The molecule has 2 aliphatic rings. The summed E-state index contributed by atoms with van der Waals surface area (Å²) in [7, 11) is 1.44. The molecule has 0 aromatic rings. The zero-order chi connectivity index (χ0) is 9.31. The van der Waals surface area contributed by atoms with E-state index in [1.54, 1.807) is 0 Å². The first-order chi connectivity index (χ1) is 6.28. The van der Waals surface area contributed by atoms with Crippen molar-refractivity contribution < 1.29 is 14.3 Å². The van der Waals surface area contributed by atoms with Crippen LogP contribution in [0.4, 0.5) is 4.79 Å². The minimum atomic E-state index is -0.187. The Hall–Kier alpha value is -0.770. The van der Waals surface area contributed by atoms with Crippen LogP contribution in [0.15, 0.2) is 0 Å². The van der Waals surface area contributed by atoms with Crippen molar-refractivity contribution in [3.63, 3.8) is 0 Å². The Kier molecular flexibility index (Phi) is 2.15. The number of hydrogen-bond donors (Lipinski definition) is 0. The Morgan fingerprint density at radius 1 is 1.38 bits per heavy atom. The number of ether oxygens (including phenoxy) is 2. The fourth-order valence-corrected chi connectivity index (χ4v) is 2.21. The molecular weight excluding hydrogens is 170 g/mol. The first-order valence-corrected chi connectivity index (χ1v) is 4.72. The van der Waals surface area contributed by atoms with Gasteiger partial charge in [0, 0.05) is 19.8 Å². The Bertz CT molecular complexity index is 211. The maximum atomic E-state index is 11.3. The number of rotatable bonds is 0. The van der Waals surface area contributed by atoms with E-state index in [-0.39, 0.29) is 11.6 Å². The molecule has 0 aromatic carbocycles. The van der Waals surface area contributed by atoms with Crippen LogP contribution in [0.2, 0.25) is 0 Å². The number of hydrogen-bond acceptors (Lipinski definition) is 3. The van der Waals surface area contributed by atoms with Crippen LogP contribution in [-0.2, 0) is 9.47 Å². The van der Waals surface area contributed by atoms with E-state index in [1.165, 1.54) is 7.11 Å². The topological polar surface area (TPSA) is 38.8 Å². The number of amides is 1. The molecule has 2 fully saturated rings. The molecule has 0 radical (unpaired) electrons. The van der Waals surface area contributed by atoms with Gasteiger partial charge < -0.3 is 14.4 Å². The van der Waals surface area contributed by atoms with Crippen molar-refractivity contribution in [2.45, 2.75) is 24.8 Å². The van der Waals surface area contributed by atoms with E-state index in [0.29, 0.717) is 0 Å². The molecule has 4 nitrogen and oxygen atoms in total. The number of nitrogens with zero attached hydrogens (tertiary/aromatic N) is 1. The Balaban J connectivity index is 2.02. The summed E-state index contributed by atoms with van der Waals surface area (Å²) in [6, 6.07) is 0. The summed E-state index contributed by atoms with van der Waals surface area (Å²) in [4.78, 5) is 13.2. The van der Waals surface area contributed by atoms with Crippen molar-refractivity contribution >= 4 is 6.09 Å². The van der Waals surface area contributed by atoms with Gasteiger partial charge in [0.2, 0.25) is 0 Å². The molecule has 0 aliphatic carbocycles. The van der Waals surface area contributed by atoms with E-state index >= 15 is 0 Å². The van der Waals surface area contributed by atoms with Crippen LogP contribution >= 0.6 is 0 Å². The van der Waals surface area contributed by atoms with Gasteiger partial charge in [-0.15, -0.1) is 0 Å². The van der Waals surface area contributed by atoms with Crippen molar-refractivity contribution in [1.82, 2.24) is 4.90 Å². The van der Waals surface area contributed by atoms with Crippen molar-refractivity contribution in [3.8, 4) is 0 Å². The van der Waals surface area contributed by atoms with Crippen molar-refractivity contribution in [3.05, 3.63) is 0 Å². The molecule has 0 atom stereocenters. The first kappa shape index (κ1) is 8.81. The predicted octanol–water partition coefficient (Wildman–Crippen LogP) is 1.01. The fourth-order valence-electron chi connectivity index (χ4n) is 2.21. The summed E-state index contributed by atoms with van der Waals surface area (Å²) < 4.78 is 10.0. The highest BCUT2D eigenvalue weighted by molar-refractivity contribution is 5.69. The Morgan fingerprint density at radius 3 is 2.54 bits per heavy atom. The quantitative estimate of drug-likeness (QED) is 0.565. The van der Waals surface area contributed by atoms with Gasteiger partial charge >= 0.3 is 6.09 Å². The van der Waals surface area contributed by atoms with Gasteiger partial charge in [-0.25, -0.2) is 4.79 Å². The van der Waals surface area contributed by atoms with Crippen LogP contribution in [0.3, 0.4) is 0 Å². The van der Waals surface area contributed by atoms with E-state index < -0.39 is 0 Å². The summed E-state index contributed by atoms with van der Waals surface area (Å²) in [5, 5.41) is 0. The lowest BCUT2D eigenvalue weighted by Gasteiger charge is -2.53. The number of methoxy groups -OCH3 is 1. The fraction of sp³-hybridized carbons (Fsp3) is 0.889. The monoisotopic (exact) mass is 185 g/mol. The maximum Gasteiger partial charge on any atom is 0.409 e.